The van der Waals surface area contributed by atoms with E-state index >= 15 is 0 Å². The van der Waals surface area contributed by atoms with E-state index in [1.165, 1.54) is 12.8 Å². The molecule has 4 rings (SSSR count). The van der Waals surface area contributed by atoms with Crippen LogP contribution in [0.5, 0.6) is 11.5 Å². The molecule has 154 valence electrons. The fourth-order valence-electron chi connectivity index (χ4n) is 4.22. The minimum absolute atomic E-state index is 0.0482. The smallest absolute Gasteiger partial charge is 0.254 e. The van der Waals surface area contributed by atoms with E-state index < -0.39 is 17.1 Å². The molecule has 0 unspecified atom stereocenters. The Labute approximate surface area is 166 Å². The number of aliphatic hydroxyl groups excluding tert-OH is 1. The fourth-order valence-corrected chi connectivity index (χ4v) is 4.22. The van der Waals surface area contributed by atoms with Gasteiger partial charge >= 0.3 is 0 Å². The van der Waals surface area contributed by atoms with Crippen molar-refractivity contribution in [1.82, 2.24) is 4.90 Å². The van der Waals surface area contributed by atoms with E-state index in [1.54, 1.807) is 18.9 Å². The Bertz CT molecular complexity index is 755. The third kappa shape index (κ3) is 3.48. The first-order valence-electron chi connectivity index (χ1n) is 10.3. The average molecular weight is 389 g/mol. The van der Waals surface area contributed by atoms with Crippen LogP contribution in [0.15, 0.2) is 18.2 Å². The van der Waals surface area contributed by atoms with Gasteiger partial charge in [-0.25, -0.2) is 0 Å². The number of aliphatic hydroxyl groups is 2. The van der Waals surface area contributed by atoms with Crippen molar-refractivity contribution in [3.05, 3.63) is 23.8 Å². The van der Waals surface area contributed by atoms with Crippen LogP contribution in [0.25, 0.3) is 0 Å². The molecule has 1 heterocycles. The Hall–Kier alpha value is -1.79. The molecule has 0 radical (unpaired) electrons. The molecule has 1 aromatic carbocycles. The molecule has 2 N–H and O–H groups in total. The van der Waals surface area contributed by atoms with Crippen LogP contribution in [-0.4, -0.2) is 59.5 Å². The van der Waals surface area contributed by atoms with E-state index in [9.17, 15) is 15.0 Å². The molecule has 3 fully saturated rings. The molecule has 0 aromatic heterocycles. The Morgan fingerprint density at radius 3 is 2.61 bits per heavy atom. The maximum atomic E-state index is 12.7. The number of hydrogen-bond acceptors (Lipinski definition) is 5. The first-order chi connectivity index (χ1) is 13.3. The van der Waals surface area contributed by atoms with E-state index in [0.717, 1.165) is 5.56 Å². The number of nitrogens with zero attached hydrogens (tertiary/aromatic N) is 1. The molecule has 6 nitrogen and oxygen atoms in total. The minimum atomic E-state index is -1.19. The zero-order valence-electron chi connectivity index (χ0n) is 17.0. The average Bonchev–Trinajstić information content (AvgIpc) is 3.60. The zero-order valence-corrected chi connectivity index (χ0v) is 17.0. The van der Waals surface area contributed by atoms with Gasteiger partial charge in [0.15, 0.2) is 11.5 Å². The SMILES string of the molecule is COc1ccc([C@@H]2CN(C(=O)C3(O)CC3)C[C@@]2(C)[C@@H](C)O)cc1OCC1CC1. The second-order valence-corrected chi connectivity index (χ2v) is 9.12. The number of benzene rings is 1. The van der Waals surface area contributed by atoms with Gasteiger partial charge < -0.3 is 24.6 Å². The molecule has 28 heavy (non-hydrogen) atoms. The summed E-state index contributed by atoms with van der Waals surface area (Å²) in [7, 11) is 1.63. The number of rotatable bonds is 7. The first kappa shape index (κ1) is 19.5. The molecule has 0 bridgehead atoms. The van der Waals surface area contributed by atoms with Crippen LogP contribution in [0.4, 0.5) is 0 Å². The number of hydrogen-bond donors (Lipinski definition) is 2. The van der Waals surface area contributed by atoms with Gasteiger partial charge in [-0.2, -0.15) is 0 Å². The van der Waals surface area contributed by atoms with Crippen molar-refractivity contribution in [2.45, 2.75) is 57.2 Å². The van der Waals surface area contributed by atoms with Gasteiger partial charge in [0.1, 0.15) is 5.60 Å². The lowest BCUT2D eigenvalue weighted by molar-refractivity contribution is -0.142. The molecular weight excluding hydrogens is 358 g/mol. The summed E-state index contributed by atoms with van der Waals surface area (Å²) in [6, 6.07) is 5.89. The number of carbonyl (C=O) groups excluding carboxylic acids is 1. The zero-order chi connectivity index (χ0) is 20.1. The monoisotopic (exact) mass is 389 g/mol. The Morgan fingerprint density at radius 2 is 2.04 bits per heavy atom. The van der Waals surface area contributed by atoms with Gasteiger partial charge in [-0.3, -0.25) is 4.79 Å². The van der Waals surface area contributed by atoms with E-state index in [-0.39, 0.29) is 11.8 Å². The summed E-state index contributed by atoms with van der Waals surface area (Å²) in [6.45, 7) is 5.40. The lowest BCUT2D eigenvalue weighted by Crippen LogP contribution is -2.42. The number of carbonyl (C=O) groups is 1. The van der Waals surface area contributed by atoms with Crippen LogP contribution in [0.3, 0.4) is 0 Å². The largest absolute Gasteiger partial charge is 0.493 e. The highest BCUT2D eigenvalue weighted by molar-refractivity contribution is 5.88. The van der Waals surface area contributed by atoms with E-state index in [0.29, 0.717) is 50.0 Å². The third-order valence-corrected chi connectivity index (χ3v) is 6.86. The molecule has 6 heteroatoms. The van der Waals surface area contributed by atoms with Crippen molar-refractivity contribution >= 4 is 5.91 Å². The lowest BCUT2D eigenvalue weighted by atomic mass is 9.72. The first-order valence-corrected chi connectivity index (χ1v) is 10.3. The summed E-state index contributed by atoms with van der Waals surface area (Å²) in [5, 5.41) is 20.8. The number of ether oxygens (including phenoxy) is 2. The molecule has 1 amide bonds. The van der Waals surface area contributed by atoms with E-state index in [1.807, 2.05) is 25.1 Å². The highest BCUT2D eigenvalue weighted by Crippen LogP contribution is 2.49. The normalized spacial score (nSPS) is 29.5. The van der Waals surface area contributed by atoms with Crippen LogP contribution in [0.1, 0.15) is 51.0 Å². The van der Waals surface area contributed by atoms with Gasteiger partial charge in [0, 0.05) is 24.4 Å². The van der Waals surface area contributed by atoms with Crippen LogP contribution < -0.4 is 9.47 Å². The van der Waals surface area contributed by atoms with Crippen molar-refractivity contribution in [3.63, 3.8) is 0 Å². The molecule has 1 aromatic rings. The molecule has 2 aliphatic carbocycles. The summed E-state index contributed by atoms with van der Waals surface area (Å²) in [4.78, 5) is 14.4. The lowest BCUT2D eigenvalue weighted by Gasteiger charge is -2.34. The summed E-state index contributed by atoms with van der Waals surface area (Å²) >= 11 is 0. The summed E-state index contributed by atoms with van der Waals surface area (Å²) in [5.74, 6) is 1.79. The number of methoxy groups -OCH3 is 1. The molecule has 3 atom stereocenters. The minimum Gasteiger partial charge on any atom is -0.493 e. The number of amides is 1. The van der Waals surface area contributed by atoms with Crippen molar-refractivity contribution in [2.24, 2.45) is 11.3 Å². The molecule has 2 saturated carbocycles. The second-order valence-electron chi connectivity index (χ2n) is 9.12. The summed E-state index contributed by atoms with van der Waals surface area (Å²) in [6.07, 6.45) is 2.89. The van der Waals surface area contributed by atoms with Crippen LogP contribution in [-0.2, 0) is 4.79 Å². The van der Waals surface area contributed by atoms with Crippen molar-refractivity contribution in [2.75, 3.05) is 26.8 Å². The van der Waals surface area contributed by atoms with Gasteiger partial charge in [0.2, 0.25) is 0 Å². The quantitative estimate of drug-likeness (QED) is 0.748. The molecular formula is C22H31NO5. The maximum absolute atomic E-state index is 12.7. The van der Waals surface area contributed by atoms with E-state index in [2.05, 4.69) is 0 Å². The predicted molar refractivity (Wildman–Crippen MR) is 105 cm³/mol. The molecule has 3 aliphatic rings. The Morgan fingerprint density at radius 1 is 1.32 bits per heavy atom. The standard InChI is InChI=1S/C22H31NO5/c1-14(24)21(2)13-23(20(25)22(26)8-9-22)11-17(21)16-6-7-18(27-3)19(10-16)28-12-15-4-5-15/h6-7,10,14-15,17,24,26H,4-5,8-9,11-13H2,1-3H3/t14-,17+,21+/m1/s1. The van der Waals surface area contributed by atoms with Gasteiger partial charge in [-0.1, -0.05) is 13.0 Å². The number of likely N-dealkylation sites (tertiary alicyclic amines) is 1. The summed E-state index contributed by atoms with van der Waals surface area (Å²) < 4.78 is 11.5. The van der Waals surface area contributed by atoms with Gasteiger partial charge in [-0.15, -0.1) is 0 Å². The maximum Gasteiger partial charge on any atom is 0.254 e. The van der Waals surface area contributed by atoms with E-state index in [4.69, 9.17) is 9.47 Å². The van der Waals surface area contributed by atoms with Crippen molar-refractivity contribution < 1.29 is 24.5 Å². The Balaban J connectivity index is 1.61. The van der Waals surface area contributed by atoms with Gasteiger partial charge in [-0.05, 0) is 56.2 Å². The topological polar surface area (TPSA) is 79.2 Å². The fraction of sp³-hybridized carbons (Fsp3) is 0.682. The van der Waals surface area contributed by atoms with Crippen molar-refractivity contribution in [3.8, 4) is 11.5 Å². The summed E-state index contributed by atoms with van der Waals surface area (Å²) in [5.41, 5.74) is -0.663. The van der Waals surface area contributed by atoms with Crippen molar-refractivity contribution in [1.29, 1.82) is 0 Å². The van der Waals surface area contributed by atoms with Gasteiger partial charge in [0.05, 0.1) is 19.8 Å². The third-order valence-electron chi connectivity index (χ3n) is 6.86. The molecule has 1 aliphatic heterocycles. The van der Waals surface area contributed by atoms with Crippen LogP contribution in [0.2, 0.25) is 0 Å². The highest BCUT2D eigenvalue weighted by Gasteiger charge is 2.55. The highest BCUT2D eigenvalue weighted by atomic mass is 16.5. The van der Waals surface area contributed by atoms with Gasteiger partial charge in [0.25, 0.3) is 5.91 Å². The van der Waals surface area contributed by atoms with Crippen LogP contribution >= 0.6 is 0 Å². The molecule has 0 spiro atoms. The molecule has 1 saturated heterocycles. The second kappa shape index (κ2) is 6.92. The Kier molecular flexibility index (Phi) is 4.82. The predicted octanol–water partition coefficient (Wildman–Crippen LogP) is 2.32. The van der Waals surface area contributed by atoms with Crippen LogP contribution in [0, 0.1) is 11.3 Å².